The second-order valence-electron chi connectivity index (χ2n) is 4.46. The van der Waals surface area contributed by atoms with Crippen LogP contribution in [0.4, 0.5) is 0 Å². The van der Waals surface area contributed by atoms with E-state index in [1.165, 1.54) is 0 Å². The lowest BCUT2D eigenvalue weighted by molar-refractivity contribution is 0.332. The Balaban J connectivity index is 2.37. The molecule has 0 aliphatic rings. The molecule has 2 rings (SSSR count). The van der Waals surface area contributed by atoms with Gasteiger partial charge < -0.3 is 9.47 Å². The van der Waals surface area contributed by atoms with Crippen LogP contribution in [0.15, 0.2) is 42.7 Å². The maximum atomic E-state index is 5.75. The molecule has 0 aliphatic carbocycles. The Labute approximate surface area is 125 Å². The van der Waals surface area contributed by atoms with Crippen molar-refractivity contribution in [3.63, 3.8) is 0 Å². The third-order valence-corrected chi connectivity index (χ3v) is 3.08. The summed E-state index contributed by atoms with van der Waals surface area (Å²) in [6, 6.07) is 9.55. The molecule has 0 spiro atoms. The maximum absolute atomic E-state index is 5.75. The van der Waals surface area contributed by atoms with Crippen molar-refractivity contribution in [3.8, 4) is 11.5 Å². The van der Waals surface area contributed by atoms with Crippen molar-refractivity contribution in [1.82, 2.24) is 10.4 Å². The Morgan fingerprint density at radius 3 is 2.62 bits per heavy atom. The zero-order valence-corrected chi connectivity index (χ0v) is 12.4. The zero-order valence-electron chi connectivity index (χ0n) is 12.4. The van der Waals surface area contributed by atoms with Gasteiger partial charge in [-0.2, -0.15) is 0 Å². The van der Waals surface area contributed by atoms with Crippen LogP contribution < -0.4 is 20.7 Å². The molecule has 1 atom stereocenters. The van der Waals surface area contributed by atoms with Crippen LogP contribution in [-0.4, -0.2) is 18.2 Å². The van der Waals surface area contributed by atoms with Crippen molar-refractivity contribution in [1.29, 1.82) is 0 Å². The van der Waals surface area contributed by atoms with Crippen molar-refractivity contribution in [3.05, 3.63) is 53.9 Å². The highest BCUT2D eigenvalue weighted by Gasteiger charge is 2.17. The Hall–Kier alpha value is -2.11. The summed E-state index contributed by atoms with van der Waals surface area (Å²) < 4.78 is 11.2. The van der Waals surface area contributed by atoms with Crippen LogP contribution in [0.25, 0.3) is 0 Å². The lowest BCUT2D eigenvalue weighted by Gasteiger charge is -2.20. The average Bonchev–Trinajstić information content (AvgIpc) is 2.51. The highest BCUT2D eigenvalue weighted by atomic mass is 16.5. The molecular weight excluding hydrogens is 266 g/mol. The SMILES string of the molecule is CCOc1cncc(C(NN)c2ccccc2OCC)c1. The monoisotopic (exact) mass is 287 g/mol. The quantitative estimate of drug-likeness (QED) is 0.604. The number of nitrogens with two attached hydrogens (primary N) is 1. The van der Waals surface area contributed by atoms with Gasteiger partial charge in [0.15, 0.2) is 0 Å². The fourth-order valence-electron chi connectivity index (χ4n) is 2.21. The topological polar surface area (TPSA) is 69.4 Å². The number of benzene rings is 1. The minimum absolute atomic E-state index is 0.208. The smallest absolute Gasteiger partial charge is 0.137 e. The first-order valence-electron chi connectivity index (χ1n) is 7.05. The van der Waals surface area contributed by atoms with Crippen molar-refractivity contribution >= 4 is 0 Å². The van der Waals surface area contributed by atoms with Crippen molar-refractivity contribution in [2.45, 2.75) is 19.9 Å². The molecule has 1 aromatic heterocycles. The van der Waals surface area contributed by atoms with E-state index in [2.05, 4.69) is 10.4 Å². The lowest BCUT2D eigenvalue weighted by atomic mass is 10.00. The van der Waals surface area contributed by atoms with E-state index >= 15 is 0 Å². The molecule has 5 nitrogen and oxygen atoms in total. The number of hydrazine groups is 1. The number of hydrogen-bond acceptors (Lipinski definition) is 5. The van der Waals surface area contributed by atoms with Gasteiger partial charge in [-0.25, -0.2) is 5.43 Å². The molecule has 0 aliphatic heterocycles. The van der Waals surface area contributed by atoms with Gasteiger partial charge in [0.05, 0.1) is 25.5 Å². The fraction of sp³-hybridized carbons (Fsp3) is 0.312. The summed E-state index contributed by atoms with van der Waals surface area (Å²) in [5.41, 5.74) is 4.72. The molecule has 0 radical (unpaired) electrons. The number of nitrogens with one attached hydrogen (secondary N) is 1. The summed E-state index contributed by atoms with van der Waals surface area (Å²) in [4.78, 5) is 4.21. The Bertz CT molecular complexity index is 575. The molecule has 1 unspecified atom stereocenters. The van der Waals surface area contributed by atoms with Crippen molar-refractivity contribution in [2.24, 2.45) is 5.84 Å². The van der Waals surface area contributed by atoms with Gasteiger partial charge in [0.1, 0.15) is 11.5 Å². The van der Waals surface area contributed by atoms with Crippen molar-refractivity contribution < 1.29 is 9.47 Å². The molecular formula is C16H21N3O2. The highest BCUT2D eigenvalue weighted by Crippen LogP contribution is 2.30. The maximum Gasteiger partial charge on any atom is 0.137 e. The van der Waals surface area contributed by atoms with E-state index < -0.39 is 0 Å². The average molecular weight is 287 g/mol. The molecule has 5 heteroatoms. The predicted octanol–water partition coefficient (Wildman–Crippen LogP) is 2.43. The van der Waals surface area contributed by atoms with Gasteiger partial charge in [-0.3, -0.25) is 10.8 Å². The predicted molar refractivity (Wildman–Crippen MR) is 82.2 cm³/mol. The van der Waals surface area contributed by atoms with Gasteiger partial charge in [-0.05, 0) is 31.5 Å². The van der Waals surface area contributed by atoms with Gasteiger partial charge in [0.25, 0.3) is 0 Å². The highest BCUT2D eigenvalue weighted by molar-refractivity contribution is 5.42. The second kappa shape index (κ2) is 7.61. The van der Waals surface area contributed by atoms with E-state index in [9.17, 15) is 0 Å². The number of nitrogens with zero attached hydrogens (tertiary/aromatic N) is 1. The van der Waals surface area contributed by atoms with Gasteiger partial charge in [0, 0.05) is 11.8 Å². The minimum atomic E-state index is -0.208. The largest absolute Gasteiger partial charge is 0.494 e. The van der Waals surface area contributed by atoms with Gasteiger partial charge in [-0.1, -0.05) is 18.2 Å². The number of para-hydroxylation sites is 1. The molecule has 0 bridgehead atoms. The van der Waals surface area contributed by atoms with E-state index in [0.717, 1.165) is 22.6 Å². The Morgan fingerprint density at radius 1 is 1.14 bits per heavy atom. The molecule has 0 saturated carbocycles. The van der Waals surface area contributed by atoms with Crippen LogP contribution in [-0.2, 0) is 0 Å². The van der Waals surface area contributed by atoms with Crippen LogP contribution in [0.2, 0.25) is 0 Å². The molecule has 0 amide bonds. The van der Waals surface area contributed by atoms with E-state index in [4.69, 9.17) is 15.3 Å². The minimum Gasteiger partial charge on any atom is -0.494 e. The molecule has 1 aromatic carbocycles. The summed E-state index contributed by atoms with van der Waals surface area (Å²) in [6.07, 6.45) is 3.46. The zero-order chi connectivity index (χ0) is 15.1. The van der Waals surface area contributed by atoms with Crippen LogP contribution in [0.1, 0.15) is 31.0 Å². The normalized spacial score (nSPS) is 12.0. The van der Waals surface area contributed by atoms with Gasteiger partial charge >= 0.3 is 0 Å². The third kappa shape index (κ3) is 3.71. The van der Waals surface area contributed by atoms with E-state index in [1.54, 1.807) is 12.4 Å². The Kier molecular flexibility index (Phi) is 5.54. The van der Waals surface area contributed by atoms with E-state index in [0.29, 0.717) is 13.2 Å². The fourth-order valence-corrected chi connectivity index (χ4v) is 2.21. The first-order valence-corrected chi connectivity index (χ1v) is 7.05. The summed E-state index contributed by atoms with van der Waals surface area (Å²) in [6.45, 7) is 5.10. The van der Waals surface area contributed by atoms with Crippen LogP contribution in [0.5, 0.6) is 11.5 Å². The van der Waals surface area contributed by atoms with Gasteiger partial charge in [0.2, 0.25) is 0 Å². The lowest BCUT2D eigenvalue weighted by Crippen LogP contribution is -2.29. The number of aromatic nitrogens is 1. The molecule has 0 fully saturated rings. The number of ether oxygens (including phenoxy) is 2. The third-order valence-electron chi connectivity index (χ3n) is 3.08. The molecule has 3 N–H and O–H groups in total. The molecule has 0 saturated heterocycles. The number of rotatable bonds is 7. The van der Waals surface area contributed by atoms with E-state index in [1.807, 2.05) is 44.2 Å². The first kappa shape index (κ1) is 15.3. The Morgan fingerprint density at radius 2 is 1.90 bits per heavy atom. The number of pyridine rings is 1. The summed E-state index contributed by atoms with van der Waals surface area (Å²) in [5, 5.41) is 0. The summed E-state index contributed by atoms with van der Waals surface area (Å²) in [7, 11) is 0. The summed E-state index contributed by atoms with van der Waals surface area (Å²) >= 11 is 0. The standard InChI is InChI=1S/C16H21N3O2/c1-3-20-13-9-12(10-18-11-13)16(19-17)14-7-5-6-8-15(14)21-4-2/h5-11,16,19H,3-4,17H2,1-2H3. The molecule has 112 valence electrons. The summed E-state index contributed by atoms with van der Waals surface area (Å²) in [5.74, 6) is 7.29. The van der Waals surface area contributed by atoms with Crippen LogP contribution >= 0.6 is 0 Å². The van der Waals surface area contributed by atoms with Crippen LogP contribution in [0.3, 0.4) is 0 Å². The number of hydrogen-bond donors (Lipinski definition) is 2. The second-order valence-corrected chi connectivity index (χ2v) is 4.46. The van der Waals surface area contributed by atoms with Gasteiger partial charge in [-0.15, -0.1) is 0 Å². The van der Waals surface area contributed by atoms with Crippen molar-refractivity contribution in [2.75, 3.05) is 13.2 Å². The molecule has 2 aromatic rings. The molecule has 1 heterocycles. The molecule has 21 heavy (non-hydrogen) atoms. The first-order chi connectivity index (χ1) is 10.3. The van der Waals surface area contributed by atoms with Crippen LogP contribution in [0, 0.1) is 0 Å². The van der Waals surface area contributed by atoms with E-state index in [-0.39, 0.29) is 6.04 Å².